The zero-order chi connectivity index (χ0) is 16.1. The lowest BCUT2D eigenvalue weighted by molar-refractivity contribution is -0.934. The van der Waals surface area contributed by atoms with Gasteiger partial charge in [0.2, 0.25) is 0 Å². The first-order valence-electron chi connectivity index (χ1n) is 8.62. The van der Waals surface area contributed by atoms with Crippen LogP contribution in [0.25, 0.3) is 0 Å². The fourth-order valence-electron chi connectivity index (χ4n) is 3.52. The molecule has 0 bridgehead atoms. The Kier molecular flexibility index (Phi) is 5.51. The first-order chi connectivity index (χ1) is 11.2. The number of likely N-dealkylation sites (tertiary alicyclic amines) is 1. The van der Waals surface area contributed by atoms with Gasteiger partial charge in [-0.25, -0.2) is 0 Å². The number of nitrogens with zero attached hydrogens (tertiary/aromatic N) is 1. The fourth-order valence-corrected chi connectivity index (χ4v) is 3.52. The van der Waals surface area contributed by atoms with Gasteiger partial charge in [-0.15, -0.1) is 0 Å². The van der Waals surface area contributed by atoms with Crippen LogP contribution < -0.4 is 9.64 Å². The minimum Gasteiger partial charge on any atom is -0.484 e. The number of carbonyl (C=O) groups is 1. The molecule has 126 valence electrons. The van der Waals surface area contributed by atoms with Crippen LogP contribution in [0.1, 0.15) is 18.4 Å². The van der Waals surface area contributed by atoms with Crippen molar-refractivity contribution in [2.24, 2.45) is 0 Å². The van der Waals surface area contributed by atoms with Crippen LogP contribution >= 0.6 is 0 Å². The number of amides is 1. The quantitative estimate of drug-likeness (QED) is 0.867. The van der Waals surface area contributed by atoms with Crippen LogP contribution in [0.2, 0.25) is 0 Å². The lowest BCUT2D eigenvalue weighted by atomic mass is 10.0. The summed E-state index contributed by atoms with van der Waals surface area (Å²) in [5.74, 6) is 0.868. The first-order valence-corrected chi connectivity index (χ1v) is 8.62. The SMILES string of the molecule is Cc1cccc(OCC(=O)N2CCC([NH+]3CCOCC3)CC2)c1. The van der Waals surface area contributed by atoms with Crippen molar-refractivity contribution in [1.82, 2.24) is 4.90 Å². The molecule has 2 heterocycles. The lowest BCUT2D eigenvalue weighted by Crippen LogP contribution is -3.18. The predicted octanol–water partition coefficient (Wildman–Crippen LogP) is 0.280. The summed E-state index contributed by atoms with van der Waals surface area (Å²) in [5.41, 5.74) is 1.14. The van der Waals surface area contributed by atoms with E-state index in [0.717, 1.165) is 63.5 Å². The molecule has 2 fully saturated rings. The Morgan fingerprint density at radius 2 is 2.04 bits per heavy atom. The Hall–Kier alpha value is -1.59. The van der Waals surface area contributed by atoms with E-state index in [9.17, 15) is 4.79 Å². The van der Waals surface area contributed by atoms with Gasteiger partial charge in [0, 0.05) is 25.9 Å². The number of hydrogen-bond acceptors (Lipinski definition) is 3. The van der Waals surface area contributed by atoms with Gasteiger partial charge in [0.05, 0.1) is 19.3 Å². The molecule has 0 saturated carbocycles. The Labute approximate surface area is 138 Å². The van der Waals surface area contributed by atoms with Crippen molar-refractivity contribution in [1.29, 1.82) is 0 Å². The molecule has 23 heavy (non-hydrogen) atoms. The number of ether oxygens (including phenoxy) is 2. The summed E-state index contributed by atoms with van der Waals surface area (Å²) in [6.45, 7) is 7.82. The maximum absolute atomic E-state index is 12.3. The number of hydrogen-bond donors (Lipinski definition) is 1. The summed E-state index contributed by atoms with van der Waals surface area (Å²) in [6.07, 6.45) is 2.18. The maximum Gasteiger partial charge on any atom is 0.260 e. The number of nitrogens with one attached hydrogen (secondary N) is 1. The van der Waals surface area contributed by atoms with Gasteiger partial charge >= 0.3 is 0 Å². The van der Waals surface area contributed by atoms with Crippen molar-refractivity contribution in [2.75, 3.05) is 46.0 Å². The van der Waals surface area contributed by atoms with Crippen LogP contribution in [0.3, 0.4) is 0 Å². The summed E-state index contributed by atoms with van der Waals surface area (Å²) in [4.78, 5) is 15.9. The third-order valence-electron chi connectivity index (χ3n) is 4.91. The monoisotopic (exact) mass is 319 g/mol. The molecule has 1 N–H and O–H groups in total. The molecule has 1 amide bonds. The van der Waals surface area contributed by atoms with Crippen molar-refractivity contribution in [2.45, 2.75) is 25.8 Å². The second kappa shape index (κ2) is 7.79. The average molecular weight is 319 g/mol. The fraction of sp³-hybridized carbons (Fsp3) is 0.611. The maximum atomic E-state index is 12.3. The normalized spacial score (nSPS) is 20.5. The van der Waals surface area contributed by atoms with Crippen LogP contribution in [0.15, 0.2) is 24.3 Å². The van der Waals surface area contributed by atoms with Gasteiger partial charge in [0.25, 0.3) is 5.91 Å². The van der Waals surface area contributed by atoms with Gasteiger partial charge in [-0.3, -0.25) is 4.79 Å². The van der Waals surface area contributed by atoms with E-state index in [1.165, 1.54) is 0 Å². The Morgan fingerprint density at radius 1 is 1.30 bits per heavy atom. The standard InChI is InChI=1S/C18H26N2O3/c1-15-3-2-4-17(13-15)23-14-18(21)20-7-5-16(6-8-20)19-9-11-22-12-10-19/h2-4,13,16H,5-12,14H2,1H3/p+1. The molecule has 3 rings (SSSR count). The van der Waals surface area contributed by atoms with E-state index < -0.39 is 0 Å². The minimum atomic E-state index is 0.0990. The van der Waals surface area contributed by atoms with Gasteiger partial charge < -0.3 is 19.3 Å². The van der Waals surface area contributed by atoms with E-state index in [-0.39, 0.29) is 12.5 Å². The Morgan fingerprint density at radius 3 is 2.74 bits per heavy atom. The number of benzene rings is 1. The molecule has 0 spiro atoms. The average Bonchev–Trinajstić information content (AvgIpc) is 2.61. The number of morpholine rings is 1. The van der Waals surface area contributed by atoms with Gasteiger partial charge in [-0.1, -0.05) is 12.1 Å². The summed E-state index contributed by atoms with van der Waals surface area (Å²) < 4.78 is 11.1. The molecular formula is C18H27N2O3+. The van der Waals surface area contributed by atoms with E-state index in [1.54, 1.807) is 4.90 Å². The molecule has 1 aromatic carbocycles. The number of rotatable bonds is 4. The van der Waals surface area contributed by atoms with Crippen LogP contribution in [-0.4, -0.2) is 62.8 Å². The summed E-state index contributed by atoms with van der Waals surface area (Å²) in [6, 6.07) is 8.51. The second-order valence-corrected chi connectivity index (χ2v) is 6.53. The molecule has 5 nitrogen and oxygen atoms in total. The summed E-state index contributed by atoms with van der Waals surface area (Å²) >= 11 is 0. The van der Waals surface area contributed by atoms with Crippen LogP contribution in [-0.2, 0) is 9.53 Å². The number of aryl methyl sites for hydroxylation is 1. The lowest BCUT2D eigenvalue weighted by Gasteiger charge is -2.37. The highest BCUT2D eigenvalue weighted by molar-refractivity contribution is 5.77. The molecule has 0 aliphatic carbocycles. The predicted molar refractivity (Wildman–Crippen MR) is 87.8 cm³/mol. The van der Waals surface area contributed by atoms with Crippen molar-refractivity contribution in [3.8, 4) is 5.75 Å². The van der Waals surface area contributed by atoms with E-state index >= 15 is 0 Å². The molecule has 1 aromatic rings. The highest BCUT2D eigenvalue weighted by Gasteiger charge is 2.30. The zero-order valence-electron chi connectivity index (χ0n) is 13.9. The molecule has 0 atom stereocenters. The molecule has 0 radical (unpaired) electrons. The highest BCUT2D eigenvalue weighted by Crippen LogP contribution is 2.13. The molecule has 0 unspecified atom stereocenters. The van der Waals surface area contributed by atoms with Gasteiger partial charge in [0.1, 0.15) is 18.8 Å². The molecule has 5 heteroatoms. The molecular weight excluding hydrogens is 292 g/mol. The molecule has 2 aliphatic rings. The Balaban J connectivity index is 1.43. The molecule has 2 aliphatic heterocycles. The Bertz CT molecular complexity index is 521. The van der Waals surface area contributed by atoms with Crippen molar-refractivity contribution in [3.63, 3.8) is 0 Å². The van der Waals surface area contributed by atoms with Gasteiger partial charge in [-0.05, 0) is 24.6 Å². The number of carbonyl (C=O) groups excluding carboxylic acids is 1. The van der Waals surface area contributed by atoms with E-state index in [2.05, 4.69) is 0 Å². The third-order valence-corrected chi connectivity index (χ3v) is 4.91. The van der Waals surface area contributed by atoms with Gasteiger partial charge in [-0.2, -0.15) is 0 Å². The van der Waals surface area contributed by atoms with E-state index in [0.29, 0.717) is 6.04 Å². The van der Waals surface area contributed by atoms with E-state index in [1.807, 2.05) is 36.1 Å². The van der Waals surface area contributed by atoms with Crippen molar-refractivity contribution < 1.29 is 19.2 Å². The smallest absolute Gasteiger partial charge is 0.260 e. The molecule has 2 saturated heterocycles. The number of quaternary nitrogens is 1. The van der Waals surface area contributed by atoms with E-state index in [4.69, 9.17) is 9.47 Å². The van der Waals surface area contributed by atoms with Gasteiger partial charge in [0.15, 0.2) is 6.61 Å². The largest absolute Gasteiger partial charge is 0.484 e. The number of piperidine rings is 1. The summed E-state index contributed by atoms with van der Waals surface area (Å²) in [5, 5.41) is 0. The highest BCUT2D eigenvalue weighted by atomic mass is 16.5. The van der Waals surface area contributed by atoms with Crippen LogP contribution in [0.5, 0.6) is 5.75 Å². The van der Waals surface area contributed by atoms with Crippen molar-refractivity contribution in [3.05, 3.63) is 29.8 Å². The second-order valence-electron chi connectivity index (χ2n) is 6.53. The van der Waals surface area contributed by atoms with Crippen LogP contribution in [0.4, 0.5) is 0 Å². The minimum absolute atomic E-state index is 0.0990. The zero-order valence-corrected chi connectivity index (χ0v) is 13.9. The van der Waals surface area contributed by atoms with Crippen LogP contribution in [0, 0.1) is 6.92 Å². The first kappa shape index (κ1) is 16.3. The third kappa shape index (κ3) is 4.45. The van der Waals surface area contributed by atoms with Crippen molar-refractivity contribution >= 4 is 5.91 Å². The molecule has 0 aromatic heterocycles. The summed E-state index contributed by atoms with van der Waals surface area (Å²) in [7, 11) is 0. The topological polar surface area (TPSA) is 43.2 Å².